The molecule has 3 nitrogen and oxygen atoms in total. The van der Waals surface area contributed by atoms with E-state index in [4.69, 9.17) is 9.47 Å². The maximum Gasteiger partial charge on any atom is 0.0841 e. The quantitative estimate of drug-likeness (QED) is 0.722. The summed E-state index contributed by atoms with van der Waals surface area (Å²) in [6.45, 7) is 7.69. The lowest BCUT2D eigenvalue weighted by atomic mass is 10.2. The van der Waals surface area contributed by atoms with Crippen molar-refractivity contribution in [2.24, 2.45) is 0 Å². The maximum absolute atomic E-state index is 5.77. The highest BCUT2D eigenvalue weighted by Gasteiger charge is 2.24. The smallest absolute Gasteiger partial charge is 0.0841 e. The van der Waals surface area contributed by atoms with Gasteiger partial charge in [-0.25, -0.2) is 0 Å². The Balaban J connectivity index is 2.30. The molecule has 0 amide bonds. The number of rotatable bonds is 7. The Morgan fingerprint density at radius 1 is 1.53 bits per heavy atom. The highest BCUT2D eigenvalue weighted by molar-refractivity contribution is 7.99. The first-order chi connectivity index (χ1) is 7.38. The number of hydrogen-bond acceptors (Lipinski definition) is 4. The minimum absolute atomic E-state index is 0.321. The number of nitrogens with one attached hydrogen (secondary N) is 1. The summed E-state index contributed by atoms with van der Waals surface area (Å²) >= 11 is 1.98. The minimum Gasteiger partial charge on any atom is -0.380 e. The molecule has 0 spiro atoms. The Kier molecular flexibility index (Phi) is 7.44. The first-order valence-electron chi connectivity index (χ1n) is 5.89. The van der Waals surface area contributed by atoms with Crippen LogP contribution in [0, 0.1) is 0 Å². The standard InChI is InChI=1S/C11H23NO2S/c1-3-5-12-10(8-13-4-2)11-9-15-7-6-14-11/h10-12H,3-9H2,1-2H3. The molecular formula is C11H23NO2S. The summed E-state index contributed by atoms with van der Waals surface area (Å²) in [5.74, 6) is 2.22. The van der Waals surface area contributed by atoms with E-state index < -0.39 is 0 Å². The van der Waals surface area contributed by atoms with Gasteiger partial charge < -0.3 is 14.8 Å². The molecule has 4 heteroatoms. The van der Waals surface area contributed by atoms with Gasteiger partial charge in [0.05, 0.1) is 25.4 Å². The van der Waals surface area contributed by atoms with Gasteiger partial charge in [-0.1, -0.05) is 6.92 Å². The molecule has 1 fully saturated rings. The van der Waals surface area contributed by atoms with Crippen LogP contribution in [-0.4, -0.2) is 50.0 Å². The molecule has 0 aromatic carbocycles. The molecule has 1 heterocycles. The molecule has 0 radical (unpaired) electrons. The maximum atomic E-state index is 5.77. The average molecular weight is 233 g/mol. The second-order valence-electron chi connectivity index (χ2n) is 3.70. The predicted molar refractivity (Wildman–Crippen MR) is 65.6 cm³/mol. The van der Waals surface area contributed by atoms with Crippen molar-refractivity contribution in [2.75, 3.05) is 37.9 Å². The molecule has 2 unspecified atom stereocenters. The molecule has 0 aromatic rings. The molecule has 90 valence electrons. The fourth-order valence-corrected chi connectivity index (χ4v) is 2.55. The zero-order valence-electron chi connectivity index (χ0n) is 9.83. The van der Waals surface area contributed by atoms with Crippen LogP contribution in [0.15, 0.2) is 0 Å². The highest BCUT2D eigenvalue weighted by atomic mass is 32.2. The largest absolute Gasteiger partial charge is 0.380 e. The van der Waals surface area contributed by atoms with E-state index in [0.717, 1.165) is 44.3 Å². The average Bonchev–Trinajstić information content (AvgIpc) is 2.30. The van der Waals surface area contributed by atoms with Gasteiger partial charge in [-0.15, -0.1) is 0 Å². The topological polar surface area (TPSA) is 30.5 Å². The van der Waals surface area contributed by atoms with E-state index in [1.165, 1.54) is 0 Å². The van der Waals surface area contributed by atoms with Gasteiger partial charge >= 0.3 is 0 Å². The van der Waals surface area contributed by atoms with E-state index >= 15 is 0 Å². The van der Waals surface area contributed by atoms with Gasteiger partial charge in [-0.3, -0.25) is 0 Å². The second kappa shape index (κ2) is 8.39. The Hall–Kier alpha value is 0.230. The lowest BCUT2D eigenvalue weighted by Crippen LogP contribution is -2.48. The van der Waals surface area contributed by atoms with Crippen LogP contribution in [-0.2, 0) is 9.47 Å². The van der Waals surface area contributed by atoms with Crippen LogP contribution in [0.4, 0.5) is 0 Å². The normalized spacial score (nSPS) is 24.0. The van der Waals surface area contributed by atoms with E-state index in [9.17, 15) is 0 Å². The van der Waals surface area contributed by atoms with Gasteiger partial charge in [0.2, 0.25) is 0 Å². The summed E-state index contributed by atoms with van der Waals surface area (Å²) < 4.78 is 11.3. The summed E-state index contributed by atoms with van der Waals surface area (Å²) in [6.07, 6.45) is 1.48. The molecule has 0 saturated carbocycles. The van der Waals surface area contributed by atoms with Gasteiger partial charge in [0.15, 0.2) is 0 Å². The van der Waals surface area contributed by atoms with Crippen molar-refractivity contribution in [1.82, 2.24) is 5.32 Å². The van der Waals surface area contributed by atoms with Crippen molar-refractivity contribution in [3.63, 3.8) is 0 Å². The first-order valence-corrected chi connectivity index (χ1v) is 7.04. The SMILES string of the molecule is CCCNC(COCC)C1CSCCO1. The number of hydrogen-bond donors (Lipinski definition) is 1. The van der Waals surface area contributed by atoms with E-state index in [1.807, 2.05) is 18.7 Å². The van der Waals surface area contributed by atoms with Gasteiger partial charge in [-0.2, -0.15) is 11.8 Å². The summed E-state index contributed by atoms with van der Waals surface area (Å²) in [4.78, 5) is 0. The number of thioether (sulfide) groups is 1. The fraction of sp³-hybridized carbons (Fsp3) is 1.00. The molecule has 2 atom stereocenters. The van der Waals surface area contributed by atoms with E-state index in [1.54, 1.807) is 0 Å². The lowest BCUT2D eigenvalue weighted by Gasteiger charge is -2.30. The fourth-order valence-electron chi connectivity index (χ4n) is 1.61. The third-order valence-electron chi connectivity index (χ3n) is 2.45. The van der Waals surface area contributed by atoms with Crippen LogP contribution in [0.5, 0.6) is 0 Å². The Labute approximate surface area is 97.3 Å². The zero-order valence-corrected chi connectivity index (χ0v) is 10.6. The van der Waals surface area contributed by atoms with Crippen molar-refractivity contribution in [3.05, 3.63) is 0 Å². The van der Waals surface area contributed by atoms with Crippen molar-refractivity contribution in [1.29, 1.82) is 0 Å². The van der Waals surface area contributed by atoms with E-state index in [0.29, 0.717) is 12.1 Å². The molecule has 0 bridgehead atoms. The van der Waals surface area contributed by atoms with Crippen molar-refractivity contribution in [2.45, 2.75) is 32.4 Å². The molecule has 1 aliphatic heterocycles. The predicted octanol–water partition coefficient (Wildman–Crippen LogP) is 1.52. The molecular weight excluding hydrogens is 210 g/mol. The third-order valence-corrected chi connectivity index (χ3v) is 3.47. The summed E-state index contributed by atoms with van der Waals surface area (Å²) in [5.41, 5.74) is 0. The second-order valence-corrected chi connectivity index (χ2v) is 4.85. The Bertz CT molecular complexity index is 144. The molecule has 0 aliphatic carbocycles. The molecule has 0 aromatic heterocycles. The van der Waals surface area contributed by atoms with Gasteiger partial charge in [-0.05, 0) is 19.9 Å². The number of ether oxygens (including phenoxy) is 2. The first kappa shape index (κ1) is 13.3. The molecule has 1 rings (SSSR count). The lowest BCUT2D eigenvalue weighted by molar-refractivity contribution is 0.0126. The third kappa shape index (κ3) is 5.20. The van der Waals surface area contributed by atoms with Crippen LogP contribution in [0.1, 0.15) is 20.3 Å². The van der Waals surface area contributed by atoms with E-state index in [-0.39, 0.29) is 0 Å². The molecule has 1 N–H and O–H groups in total. The monoisotopic (exact) mass is 233 g/mol. The van der Waals surface area contributed by atoms with Crippen molar-refractivity contribution in [3.8, 4) is 0 Å². The Morgan fingerprint density at radius 2 is 2.40 bits per heavy atom. The van der Waals surface area contributed by atoms with Gasteiger partial charge in [0.1, 0.15) is 0 Å². The van der Waals surface area contributed by atoms with Gasteiger partial charge in [0, 0.05) is 18.1 Å². The highest BCUT2D eigenvalue weighted by Crippen LogP contribution is 2.15. The van der Waals surface area contributed by atoms with Crippen LogP contribution in [0.25, 0.3) is 0 Å². The van der Waals surface area contributed by atoms with Crippen molar-refractivity contribution < 1.29 is 9.47 Å². The van der Waals surface area contributed by atoms with Crippen molar-refractivity contribution >= 4 is 11.8 Å². The zero-order chi connectivity index (χ0) is 10.9. The summed E-state index contributed by atoms with van der Waals surface area (Å²) in [6, 6.07) is 0.359. The molecule has 15 heavy (non-hydrogen) atoms. The summed E-state index contributed by atoms with van der Waals surface area (Å²) in [7, 11) is 0. The van der Waals surface area contributed by atoms with Crippen LogP contribution in [0.2, 0.25) is 0 Å². The summed E-state index contributed by atoms with van der Waals surface area (Å²) in [5, 5.41) is 3.51. The van der Waals surface area contributed by atoms with Crippen LogP contribution >= 0.6 is 11.8 Å². The van der Waals surface area contributed by atoms with Gasteiger partial charge in [0.25, 0.3) is 0 Å². The Morgan fingerprint density at radius 3 is 3.00 bits per heavy atom. The van der Waals surface area contributed by atoms with Crippen LogP contribution < -0.4 is 5.32 Å². The van der Waals surface area contributed by atoms with Crippen LogP contribution in [0.3, 0.4) is 0 Å². The minimum atomic E-state index is 0.321. The van der Waals surface area contributed by atoms with E-state index in [2.05, 4.69) is 12.2 Å². The molecule has 1 aliphatic rings. The molecule has 1 saturated heterocycles.